The summed E-state index contributed by atoms with van der Waals surface area (Å²) in [7, 11) is 0. The molecule has 150 valence electrons. The molecule has 1 atom stereocenters. The Bertz CT molecular complexity index is 939. The minimum atomic E-state index is -0.319. The molecule has 1 unspecified atom stereocenters. The van der Waals surface area contributed by atoms with E-state index < -0.39 is 0 Å². The smallest absolute Gasteiger partial charge is 0.237 e. The third-order valence-electron chi connectivity index (χ3n) is 4.71. The molecule has 2 aromatic carbocycles. The molecule has 1 aliphatic rings. The fraction of sp³-hybridized carbons (Fsp3) is 0.286. The topological polar surface area (TPSA) is 72.3 Å². The average molecular weight is 410 g/mol. The number of ether oxygens (including phenoxy) is 1. The molecule has 7 nitrogen and oxygen atoms in total. The summed E-state index contributed by atoms with van der Waals surface area (Å²) in [5.41, 5.74) is 2.89. The maximum Gasteiger partial charge on any atom is 0.237 e. The van der Waals surface area contributed by atoms with Crippen LogP contribution in [0.25, 0.3) is 5.69 Å². The Kier molecular flexibility index (Phi) is 6.12. The van der Waals surface area contributed by atoms with E-state index in [0.29, 0.717) is 5.16 Å². The molecule has 4 rings (SSSR count). The van der Waals surface area contributed by atoms with Crippen LogP contribution >= 0.6 is 11.8 Å². The second-order valence-corrected chi connectivity index (χ2v) is 8.02. The van der Waals surface area contributed by atoms with Crippen molar-refractivity contribution in [2.24, 2.45) is 0 Å². The van der Waals surface area contributed by atoms with Gasteiger partial charge in [-0.2, -0.15) is 0 Å². The molecule has 2 heterocycles. The van der Waals surface area contributed by atoms with Gasteiger partial charge < -0.3 is 15.0 Å². The highest BCUT2D eigenvalue weighted by molar-refractivity contribution is 8.00. The van der Waals surface area contributed by atoms with Gasteiger partial charge in [0, 0.05) is 30.2 Å². The van der Waals surface area contributed by atoms with Crippen molar-refractivity contribution >= 4 is 29.0 Å². The van der Waals surface area contributed by atoms with Gasteiger partial charge in [-0.3, -0.25) is 9.36 Å². The fourth-order valence-corrected chi connectivity index (χ4v) is 3.95. The number of carbonyl (C=O) groups excluding carboxylic acids is 1. The molecule has 3 aromatic rings. The Balaban J connectivity index is 1.37. The second kappa shape index (κ2) is 9.11. The highest BCUT2D eigenvalue weighted by atomic mass is 32.2. The fourth-order valence-electron chi connectivity index (χ4n) is 3.10. The number of hydrogen-bond donors (Lipinski definition) is 1. The first-order valence-corrected chi connectivity index (χ1v) is 10.4. The lowest BCUT2D eigenvalue weighted by Gasteiger charge is -2.28. The first-order valence-electron chi connectivity index (χ1n) is 9.56. The minimum Gasteiger partial charge on any atom is -0.378 e. The van der Waals surface area contributed by atoms with Crippen LogP contribution in [0.15, 0.2) is 66.1 Å². The summed E-state index contributed by atoms with van der Waals surface area (Å²) >= 11 is 1.38. The first kappa shape index (κ1) is 19.5. The number of carbonyl (C=O) groups is 1. The summed E-state index contributed by atoms with van der Waals surface area (Å²) in [6, 6.07) is 17.8. The molecular weight excluding hydrogens is 386 g/mol. The number of rotatable bonds is 6. The Hall–Kier alpha value is -2.84. The van der Waals surface area contributed by atoms with Crippen LogP contribution in [0.1, 0.15) is 6.92 Å². The molecule has 1 aliphatic heterocycles. The molecule has 0 spiro atoms. The van der Waals surface area contributed by atoms with E-state index in [9.17, 15) is 4.79 Å². The van der Waals surface area contributed by atoms with Gasteiger partial charge in [0.2, 0.25) is 5.91 Å². The van der Waals surface area contributed by atoms with Crippen LogP contribution in [0.5, 0.6) is 0 Å². The van der Waals surface area contributed by atoms with Crippen molar-refractivity contribution in [2.75, 3.05) is 36.5 Å². The zero-order chi connectivity index (χ0) is 20.1. The zero-order valence-electron chi connectivity index (χ0n) is 16.2. The van der Waals surface area contributed by atoms with Gasteiger partial charge in [0.15, 0.2) is 5.16 Å². The molecule has 1 fully saturated rings. The molecule has 0 aliphatic carbocycles. The summed E-state index contributed by atoms with van der Waals surface area (Å²) in [5.74, 6) is -0.0725. The van der Waals surface area contributed by atoms with Crippen molar-refractivity contribution in [3.63, 3.8) is 0 Å². The molecule has 1 amide bonds. The average Bonchev–Trinajstić information content (AvgIpc) is 3.23. The number of amides is 1. The Morgan fingerprint density at radius 1 is 1.07 bits per heavy atom. The predicted molar refractivity (Wildman–Crippen MR) is 115 cm³/mol. The lowest BCUT2D eigenvalue weighted by Crippen LogP contribution is -2.36. The standard InChI is InChI=1S/C21H23N5O2S/c1-16(29-21-24-22-15-26(21)19-5-3-2-4-6-19)20(27)23-17-7-9-18(10-8-17)25-11-13-28-14-12-25/h2-10,15-16H,11-14H2,1H3,(H,23,27). The molecule has 8 heteroatoms. The van der Waals surface area contributed by atoms with Gasteiger partial charge in [-0.15, -0.1) is 10.2 Å². The van der Waals surface area contributed by atoms with Gasteiger partial charge in [0.25, 0.3) is 0 Å². The van der Waals surface area contributed by atoms with Crippen molar-refractivity contribution in [3.8, 4) is 5.69 Å². The van der Waals surface area contributed by atoms with Crippen LogP contribution in [-0.4, -0.2) is 52.2 Å². The van der Waals surface area contributed by atoms with Gasteiger partial charge in [0.05, 0.1) is 18.5 Å². The number of nitrogens with zero attached hydrogens (tertiary/aromatic N) is 4. The van der Waals surface area contributed by atoms with Crippen LogP contribution in [-0.2, 0) is 9.53 Å². The van der Waals surface area contributed by atoms with Crippen LogP contribution in [0.4, 0.5) is 11.4 Å². The van der Waals surface area contributed by atoms with Crippen molar-refractivity contribution in [2.45, 2.75) is 17.3 Å². The van der Waals surface area contributed by atoms with E-state index in [2.05, 4.69) is 20.4 Å². The molecule has 0 bridgehead atoms. The van der Waals surface area contributed by atoms with Crippen molar-refractivity contribution in [3.05, 3.63) is 60.9 Å². The zero-order valence-corrected chi connectivity index (χ0v) is 17.0. The molecular formula is C21H23N5O2S. The number of anilines is 2. The summed E-state index contributed by atoms with van der Waals surface area (Å²) in [6.45, 7) is 5.15. The number of morpholine rings is 1. The summed E-state index contributed by atoms with van der Waals surface area (Å²) in [4.78, 5) is 14.9. The van der Waals surface area contributed by atoms with E-state index in [1.807, 2.05) is 66.1 Å². The molecule has 0 radical (unpaired) electrons. The second-order valence-electron chi connectivity index (χ2n) is 6.71. The quantitative estimate of drug-likeness (QED) is 0.631. The monoisotopic (exact) mass is 409 g/mol. The lowest BCUT2D eigenvalue weighted by atomic mass is 10.2. The van der Waals surface area contributed by atoms with E-state index in [-0.39, 0.29) is 11.2 Å². The highest BCUT2D eigenvalue weighted by Gasteiger charge is 2.19. The molecule has 1 aromatic heterocycles. The van der Waals surface area contributed by atoms with Crippen LogP contribution in [0, 0.1) is 0 Å². The molecule has 0 saturated carbocycles. The highest BCUT2D eigenvalue weighted by Crippen LogP contribution is 2.25. The number of hydrogen-bond acceptors (Lipinski definition) is 6. The summed E-state index contributed by atoms with van der Waals surface area (Å²) < 4.78 is 7.27. The van der Waals surface area contributed by atoms with Crippen LogP contribution in [0.3, 0.4) is 0 Å². The number of benzene rings is 2. The Morgan fingerprint density at radius 3 is 2.52 bits per heavy atom. The number of nitrogens with one attached hydrogen (secondary N) is 1. The Morgan fingerprint density at radius 2 is 1.79 bits per heavy atom. The van der Waals surface area contributed by atoms with Gasteiger partial charge in [-0.05, 0) is 43.3 Å². The summed E-state index contributed by atoms with van der Waals surface area (Å²) in [6.07, 6.45) is 1.66. The van der Waals surface area contributed by atoms with E-state index in [1.54, 1.807) is 6.33 Å². The van der Waals surface area contributed by atoms with E-state index >= 15 is 0 Å². The maximum absolute atomic E-state index is 12.7. The number of para-hydroxylation sites is 1. The minimum absolute atomic E-state index is 0.0725. The molecule has 1 saturated heterocycles. The van der Waals surface area contributed by atoms with E-state index in [4.69, 9.17) is 4.74 Å². The van der Waals surface area contributed by atoms with E-state index in [0.717, 1.165) is 43.4 Å². The summed E-state index contributed by atoms with van der Waals surface area (Å²) in [5, 5.41) is 11.5. The normalized spacial score (nSPS) is 15.1. The Labute approximate surface area is 174 Å². The van der Waals surface area contributed by atoms with Crippen LogP contribution < -0.4 is 10.2 Å². The number of thioether (sulfide) groups is 1. The van der Waals surface area contributed by atoms with Crippen molar-refractivity contribution in [1.82, 2.24) is 14.8 Å². The van der Waals surface area contributed by atoms with Gasteiger partial charge in [0.1, 0.15) is 6.33 Å². The van der Waals surface area contributed by atoms with Crippen molar-refractivity contribution in [1.29, 1.82) is 0 Å². The third kappa shape index (κ3) is 4.78. The first-order chi connectivity index (χ1) is 14.2. The van der Waals surface area contributed by atoms with E-state index in [1.165, 1.54) is 11.8 Å². The van der Waals surface area contributed by atoms with Crippen molar-refractivity contribution < 1.29 is 9.53 Å². The van der Waals surface area contributed by atoms with Gasteiger partial charge in [-0.1, -0.05) is 30.0 Å². The molecule has 1 N–H and O–H groups in total. The largest absolute Gasteiger partial charge is 0.378 e. The van der Waals surface area contributed by atoms with Gasteiger partial charge >= 0.3 is 0 Å². The lowest BCUT2D eigenvalue weighted by molar-refractivity contribution is -0.115. The van der Waals surface area contributed by atoms with Crippen LogP contribution in [0.2, 0.25) is 0 Å². The maximum atomic E-state index is 12.7. The number of aromatic nitrogens is 3. The SMILES string of the molecule is CC(Sc1nncn1-c1ccccc1)C(=O)Nc1ccc(N2CCOCC2)cc1. The third-order valence-corrected chi connectivity index (χ3v) is 5.77. The van der Waals surface area contributed by atoms with Gasteiger partial charge in [-0.25, -0.2) is 0 Å². The predicted octanol–water partition coefficient (Wildman–Crippen LogP) is 3.22. The molecule has 29 heavy (non-hydrogen) atoms.